The zero-order chi connectivity index (χ0) is 20.0. The third kappa shape index (κ3) is 5.28. The molecule has 0 aliphatic heterocycles. The fourth-order valence-corrected chi connectivity index (χ4v) is 3.04. The van der Waals surface area contributed by atoms with Gasteiger partial charge in [0.25, 0.3) is 5.91 Å². The second-order valence-electron chi connectivity index (χ2n) is 5.68. The van der Waals surface area contributed by atoms with Gasteiger partial charge in [0.05, 0.1) is 12.0 Å². The Morgan fingerprint density at radius 1 is 1.07 bits per heavy atom. The first-order valence-electron chi connectivity index (χ1n) is 8.03. The van der Waals surface area contributed by atoms with E-state index < -0.39 is 16.1 Å². The number of hydrogen-bond donors (Lipinski definition) is 3. The Hall–Kier alpha value is -2.91. The molecule has 0 aliphatic rings. The van der Waals surface area contributed by atoms with Gasteiger partial charge < -0.3 is 10.1 Å². The number of carbonyl (C=O) groups is 2. The molecule has 8 nitrogen and oxygen atoms in total. The quantitative estimate of drug-likeness (QED) is 0.697. The van der Waals surface area contributed by atoms with E-state index >= 15 is 0 Å². The predicted molar refractivity (Wildman–Crippen MR) is 101 cm³/mol. The highest BCUT2D eigenvalue weighted by molar-refractivity contribution is 7.89. The van der Waals surface area contributed by atoms with E-state index in [2.05, 4.69) is 20.1 Å². The smallest absolute Gasteiger partial charge is 0.411 e. The van der Waals surface area contributed by atoms with Gasteiger partial charge in [-0.25, -0.2) is 17.9 Å². The molecule has 27 heavy (non-hydrogen) atoms. The van der Waals surface area contributed by atoms with Gasteiger partial charge in [-0.05, 0) is 49.4 Å². The standard InChI is InChI=1S/C18H21N3O5S/c1-12-4-9-15(27(24,25)19-2)10-16(12)17(22)20-11-13-5-7-14(8-6-13)21-18(23)26-3/h4-10,19H,11H2,1-3H3,(H,20,22)(H,21,23). The van der Waals surface area contributed by atoms with E-state index in [1.165, 1.54) is 26.3 Å². The van der Waals surface area contributed by atoms with Crippen LogP contribution in [0.5, 0.6) is 0 Å². The first-order valence-corrected chi connectivity index (χ1v) is 9.51. The highest BCUT2D eigenvalue weighted by atomic mass is 32.2. The van der Waals surface area contributed by atoms with Crippen LogP contribution in [0, 0.1) is 6.92 Å². The van der Waals surface area contributed by atoms with Crippen molar-refractivity contribution in [3.63, 3.8) is 0 Å². The number of sulfonamides is 1. The molecule has 0 bridgehead atoms. The van der Waals surface area contributed by atoms with Crippen LogP contribution in [-0.2, 0) is 21.3 Å². The van der Waals surface area contributed by atoms with Crippen molar-refractivity contribution in [3.05, 3.63) is 59.2 Å². The van der Waals surface area contributed by atoms with Gasteiger partial charge in [0, 0.05) is 17.8 Å². The van der Waals surface area contributed by atoms with Crippen molar-refractivity contribution in [2.75, 3.05) is 19.5 Å². The summed E-state index contributed by atoms with van der Waals surface area (Å²) in [5.41, 5.74) is 2.34. The molecule has 0 fully saturated rings. The van der Waals surface area contributed by atoms with Gasteiger partial charge in [-0.2, -0.15) is 0 Å². The molecule has 3 N–H and O–H groups in total. The maximum atomic E-state index is 12.5. The van der Waals surface area contributed by atoms with Gasteiger partial charge in [-0.1, -0.05) is 18.2 Å². The summed E-state index contributed by atoms with van der Waals surface area (Å²) < 4.78 is 30.6. The summed E-state index contributed by atoms with van der Waals surface area (Å²) in [5, 5.41) is 5.29. The normalized spacial score (nSPS) is 10.9. The molecule has 2 rings (SSSR count). The van der Waals surface area contributed by atoms with E-state index in [9.17, 15) is 18.0 Å². The van der Waals surface area contributed by atoms with Crippen LogP contribution in [0.3, 0.4) is 0 Å². The van der Waals surface area contributed by atoms with Crippen molar-refractivity contribution in [1.82, 2.24) is 10.0 Å². The highest BCUT2D eigenvalue weighted by Crippen LogP contribution is 2.16. The molecule has 0 radical (unpaired) electrons. The molecule has 0 spiro atoms. The van der Waals surface area contributed by atoms with Crippen molar-refractivity contribution in [3.8, 4) is 0 Å². The number of nitrogens with one attached hydrogen (secondary N) is 3. The first kappa shape index (κ1) is 20.4. The van der Waals surface area contributed by atoms with E-state index in [4.69, 9.17) is 0 Å². The minimum absolute atomic E-state index is 0.0268. The number of hydrogen-bond acceptors (Lipinski definition) is 5. The Morgan fingerprint density at radius 3 is 2.33 bits per heavy atom. The fraction of sp³-hybridized carbons (Fsp3) is 0.222. The Labute approximate surface area is 158 Å². The van der Waals surface area contributed by atoms with Crippen molar-refractivity contribution in [1.29, 1.82) is 0 Å². The van der Waals surface area contributed by atoms with Gasteiger partial charge in [0.15, 0.2) is 0 Å². The summed E-state index contributed by atoms with van der Waals surface area (Å²) in [6, 6.07) is 11.3. The Kier molecular flexibility index (Phi) is 6.54. The average Bonchev–Trinajstić information content (AvgIpc) is 2.67. The lowest BCUT2D eigenvalue weighted by Gasteiger charge is -2.11. The SMILES string of the molecule is CNS(=O)(=O)c1ccc(C)c(C(=O)NCc2ccc(NC(=O)OC)cc2)c1. The highest BCUT2D eigenvalue weighted by Gasteiger charge is 2.16. The predicted octanol–water partition coefficient (Wildman–Crippen LogP) is 2.01. The minimum Gasteiger partial charge on any atom is -0.453 e. The molecule has 2 amide bonds. The van der Waals surface area contributed by atoms with E-state index in [0.29, 0.717) is 11.3 Å². The van der Waals surface area contributed by atoms with Crippen molar-refractivity contribution in [2.45, 2.75) is 18.4 Å². The molecule has 0 saturated carbocycles. The number of carbonyl (C=O) groups excluding carboxylic acids is 2. The molecule has 0 unspecified atom stereocenters. The maximum absolute atomic E-state index is 12.5. The van der Waals surface area contributed by atoms with Crippen LogP contribution in [0.15, 0.2) is 47.4 Å². The molecule has 0 aliphatic carbocycles. The van der Waals surface area contributed by atoms with Gasteiger partial charge in [0.2, 0.25) is 10.0 Å². The number of ether oxygens (including phenoxy) is 1. The number of anilines is 1. The number of amides is 2. The number of methoxy groups -OCH3 is 1. The first-order chi connectivity index (χ1) is 12.8. The summed E-state index contributed by atoms with van der Waals surface area (Å²) in [7, 11) is -1.04. The monoisotopic (exact) mass is 391 g/mol. The molecule has 0 saturated heterocycles. The average molecular weight is 391 g/mol. The minimum atomic E-state index is -3.63. The number of aryl methyl sites for hydroxylation is 1. The second-order valence-corrected chi connectivity index (χ2v) is 7.57. The van der Waals surface area contributed by atoms with Crippen LogP contribution in [0.1, 0.15) is 21.5 Å². The molecule has 2 aromatic rings. The van der Waals surface area contributed by atoms with E-state index in [-0.39, 0.29) is 22.9 Å². The van der Waals surface area contributed by atoms with Crippen LogP contribution < -0.4 is 15.4 Å². The molecule has 144 valence electrons. The topological polar surface area (TPSA) is 114 Å². The summed E-state index contributed by atoms with van der Waals surface area (Å²) >= 11 is 0. The zero-order valence-corrected chi connectivity index (χ0v) is 16.0. The van der Waals surface area contributed by atoms with E-state index in [1.54, 1.807) is 37.3 Å². The molecular weight excluding hydrogens is 370 g/mol. The lowest BCUT2D eigenvalue weighted by atomic mass is 10.1. The summed E-state index contributed by atoms with van der Waals surface area (Å²) in [6.07, 6.45) is -0.567. The zero-order valence-electron chi connectivity index (χ0n) is 15.2. The lowest BCUT2D eigenvalue weighted by molar-refractivity contribution is 0.0950. The molecule has 0 aromatic heterocycles. The van der Waals surface area contributed by atoms with Crippen molar-refractivity contribution >= 4 is 27.7 Å². The third-order valence-corrected chi connectivity index (χ3v) is 5.28. The van der Waals surface area contributed by atoms with Crippen molar-refractivity contribution in [2.24, 2.45) is 0 Å². The van der Waals surface area contributed by atoms with Crippen molar-refractivity contribution < 1.29 is 22.7 Å². The Morgan fingerprint density at radius 2 is 1.74 bits per heavy atom. The third-order valence-electron chi connectivity index (χ3n) is 3.87. The molecular formula is C18H21N3O5S. The van der Waals surface area contributed by atoms with Crippen LogP contribution >= 0.6 is 0 Å². The molecule has 0 heterocycles. The van der Waals surface area contributed by atoms with Crippen LogP contribution in [-0.4, -0.2) is 34.6 Å². The van der Waals surface area contributed by atoms with E-state index in [1.807, 2.05) is 0 Å². The fourth-order valence-electron chi connectivity index (χ4n) is 2.28. The van der Waals surface area contributed by atoms with Gasteiger partial charge in [-0.3, -0.25) is 10.1 Å². The Bertz CT molecular complexity index is 940. The van der Waals surface area contributed by atoms with Crippen LogP contribution in [0.4, 0.5) is 10.5 Å². The van der Waals surface area contributed by atoms with Gasteiger partial charge in [-0.15, -0.1) is 0 Å². The largest absolute Gasteiger partial charge is 0.453 e. The van der Waals surface area contributed by atoms with Gasteiger partial charge in [0.1, 0.15) is 0 Å². The number of rotatable bonds is 6. The summed E-state index contributed by atoms with van der Waals surface area (Å²) in [6.45, 7) is 1.98. The summed E-state index contributed by atoms with van der Waals surface area (Å²) in [4.78, 5) is 23.6. The van der Waals surface area contributed by atoms with E-state index in [0.717, 1.165) is 5.56 Å². The second kappa shape index (κ2) is 8.65. The van der Waals surface area contributed by atoms with Gasteiger partial charge >= 0.3 is 6.09 Å². The van der Waals surface area contributed by atoms with Crippen LogP contribution in [0.2, 0.25) is 0 Å². The summed E-state index contributed by atoms with van der Waals surface area (Å²) in [5.74, 6) is -0.377. The molecule has 9 heteroatoms. The molecule has 0 atom stereocenters. The maximum Gasteiger partial charge on any atom is 0.411 e. The molecule has 2 aromatic carbocycles. The van der Waals surface area contributed by atoms with Crippen LogP contribution in [0.25, 0.3) is 0 Å². The Balaban J connectivity index is 2.07. The lowest BCUT2D eigenvalue weighted by Crippen LogP contribution is -2.25. The number of benzene rings is 2.